The molecule has 3 aromatic carbocycles. The molecule has 0 radical (unpaired) electrons. The van der Waals surface area contributed by atoms with E-state index in [0.717, 1.165) is 0 Å². The second-order valence-corrected chi connectivity index (χ2v) is 5.43. The zero-order valence-corrected chi connectivity index (χ0v) is 37.4. The Kier molecular flexibility index (Phi) is 53.5. The minimum Gasteiger partial charge on any atom is -0.409 e. The lowest BCUT2D eigenvalue weighted by Gasteiger charge is -2.17. The van der Waals surface area contributed by atoms with Crippen LogP contribution in [0.4, 0.5) is 0 Å². The largest absolute Gasteiger partial charge is 0.530 e. The number of hydrogen-bond acceptors (Lipinski definition) is 3. The molecule has 3 nitrogen and oxygen atoms in total. The van der Waals surface area contributed by atoms with Gasteiger partial charge in [-0.25, -0.2) is 0 Å². The molecule has 0 heterocycles. The summed E-state index contributed by atoms with van der Waals surface area (Å²) in [5.41, 5.74) is 0. The van der Waals surface area contributed by atoms with Crippen molar-refractivity contribution in [1.82, 2.24) is 0 Å². The lowest BCUT2D eigenvalue weighted by atomic mass is 10.3. The SMILES string of the molecule is I.I.I.I.I.I.I.I.I.c1ccc(OP(Oc2ccccc2)Oc2ccccc2)cc1. The molecule has 3 rings (SSSR count). The van der Waals surface area contributed by atoms with Crippen LogP contribution in [0.1, 0.15) is 0 Å². The van der Waals surface area contributed by atoms with Crippen molar-refractivity contribution >= 4 is 224 Å². The fourth-order valence-electron chi connectivity index (χ4n) is 1.76. The summed E-state index contributed by atoms with van der Waals surface area (Å²) >= 11 is 0. The normalized spacial score (nSPS) is 7.26. The van der Waals surface area contributed by atoms with Crippen LogP contribution >= 0.6 is 224 Å². The first-order valence-electron chi connectivity index (χ1n) is 6.89. The van der Waals surface area contributed by atoms with Crippen LogP contribution in [-0.2, 0) is 0 Å². The molecule has 0 aromatic heterocycles. The maximum Gasteiger partial charge on any atom is 0.530 e. The molecule has 0 saturated heterocycles. The van der Waals surface area contributed by atoms with Crippen molar-refractivity contribution in [3.8, 4) is 17.2 Å². The molecule has 0 bridgehead atoms. The fraction of sp³-hybridized carbons (Fsp3) is 0. The molecular weight excluding hydrogens is 1440 g/mol. The molecule has 0 unspecified atom stereocenters. The maximum absolute atomic E-state index is 5.84. The highest BCUT2D eigenvalue weighted by atomic mass is 127. The molecule has 0 fully saturated rings. The van der Waals surface area contributed by atoms with E-state index in [2.05, 4.69) is 0 Å². The van der Waals surface area contributed by atoms with E-state index in [1.807, 2.05) is 91.0 Å². The Bertz CT molecular complexity index is 603. The average Bonchev–Trinajstić information content (AvgIpc) is 2.57. The van der Waals surface area contributed by atoms with Gasteiger partial charge < -0.3 is 13.6 Å². The molecule has 0 amide bonds. The van der Waals surface area contributed by atoms with Crippen LogP contribution in [0, 0.1) is 0 Å². The van der Waals surface area contributed by atoms with Crippen molar-refractivity contribution < 1.29 is 13.6 Å². The zero-order chi connectivity index (χ0) is 15.0. The highest BCUT2D eigenvalue weighted by Crippen LogP contribution is 2.41. The number of hydrogen-bond donors (Lipinski definition) is 0. The molecular formula is C18H24I9O3P. The third-order valence-corrected chi connectivity index (χ3v) is 3.85. The van der Waals surface area contributed by atoms with Crippen molar-refractivity contribution in [3.05, 3.63) is 91.0 Å². The molecule has 0 aliphatic carbocycles. The quantitative estimate of drug-likeness (QED) is 0.182. The van der Waals surface area contributed by atoms with Gasteiger partial charge in [-0.1, -0.05) is 54.6 Å². The Hall–Kier alpha value is 4.06. The molecule has 0 aliphatic rings. The van der Waals surface area contributed by atoms with Gasteiger partial charge in [0.05, 0.1) is 0 Å². The Balaban J connectivity index is -0.000000128. The standard InChI is InChI=1S/C18H15O3P.9HI/c1-4-10-16(11-5-1)19-22(20-17-12-6-2-7-13-17)21-18-14-8-3-9-15-18;;;;;;;;;/h1-15H;9*1H. The van der Waals surface area contributed by atoms with Crippen LogP contribution in [0.5, 0.6) is 17.2 Å². The number of halogens is 9. The first-order chi connectivity index (χ1) is 10.9. The summed E-state index contributed by atoms with van der Waals surface area (Å²) in [4.78, 5) is 0. The van der Waals surface area contributed by atoms with Crippen LogP contribution in [0.25, 0.3) is 0 Å². The van der Waals surface area contributed by atoms with E-state index >= 15 is 0 Å². The second-order valence-electron chi connectivity index (χ2n) is 4.44. The van der Waals surface area contributed by atoms with Crippen molar-refractivity contribution in [3.63, 3.8) is 0 Å². The third kappa shape index (κ3) is 21.8. The van der Waals surface area contributed by atoms with Crippen molar-refractivity contribution in [2.45, 2.75) is 0 Å². The number of rotatable bonds is 6. The van der Waals surface area contributed by atoms with E-state index in [1.165, 1.54) is 0 Å². The van der Waals surface area contributed by atoms with Crippen LogP contribution in [0.15, 0.2) is 91.0 Å². The van der Waals surface area contributed by atoms with Gasteiger partial charge >= 0.3 is 8.60 Å². The van der Waals surface area contributed by atoms with Gasteiger partial charge in [-0.05, 0) is 36.4 Å². The van der Waals surface area contributed by atoms with Gasteiger partial charge in [0.15, 0.2) is 0 Å². The van der Waals surface area contributed by atoms with Crippen molar-refractivity contribution in [1.29, 1.82) is 0 Å². The van der Waals surface area contributed by atoms with Crippen LogP contribution in [0.3, 0.4) is 0 Å². The summed E-state index contributed by atoms with van der Waals surface area (Å²) in [5.74, 6) is 2.13. The van der Waals surface area contributed by atoms with E-state index in [-0.39, 0.29) is 216 Å². The molecule has 0 N–H and O–H groups in total. The molecule has 0 aliphatic heterocycles. The Morgan fingerprint density at radius 2 is 0.516 bits per heavy atom. The van der Waals surface area contributed by atoms with Gasteiger partial charge in [0.25, 0.3) is 0 Å². The van der Waals surface area contributed by atoms with Crippen LogP contribution in [0.2, 0.25) is 0 Å². The molecule has 13 heteroatoms. The number of para-hydroxylation sites is 3. The molecule has 0 atom stereocenters. The summed E-state index contributed by atoms with van der Waals surface area (Å²) in [5, 5.41) is 0. The van der Waals surface area contributed by atoms with Gasteiger partial charge in [0.1, 0.15) is 17.2 Å². The summed E-state index contributed by atoms with van der Waals surface area (Å²) in [6.45, 7) is 0. The van der Waals surface area contributed by atoms with Crippen molar-refractivity contribution in [2.75, 3.05) is 0 Å². The minimum absolute atomic E-state index is 0. The van der Waals surface area contributed by atoms with E-state index < -0.39 is 8.60 Å². The Labute approximate surface area is 339 Å². The highest BCUT2D eigenvalue weighted by Gasteiger charge is 2.19. The fourth-order valence-corrected chi connectivity index (χ4v) is 2.75. The molecule has 31 heavy (non-hydrogen) atoms. The van der Waals surface area contributed by atoms with Gasteiger partial charge in [-0.2, -0.15) is 0 Å². The van der Waals surface area contributed by atoms with Crippen molar-refractivity contribution in [2.24, 2.45) is 0 Å². The average molecular weight is 1460 g/mol. The summed E-state index contributed by atoms with van der Waals surface area (Å²) in [6, 6.07) is 28.5. The summed E-state index contributed by atoms with van der Waals surface area (Å²) < 4.78 is 17.5. The summed E-state index contributed by atoms with van der Waals surface area (Å²) in [7, 11) is -1.59. The summed E-state index contributed by atoms with van der Waals surface area (Å²) in [6.07, 6.45) is 0. The zero-order valence-electron chi connectivity index (χ0n) is 15.5. The first-order valence-corrected chi connectivity index (χ1v) is 7.99. The third-order valence-electron chi connectivity index (χ3n) is 2.77. The molecule has 182 valence electrons. The maximum atomic E-state index is 5.84. The molecule has 0 saturated carbocycles. The first kappa shape index (κ1) is 51.7. The van der Waals surface area contributed by atoms with E-state index in [4.69, 9.17) is 13.6 Å². The van der Waals surface area contributed by atoms with Gasteiger partial charge in [0.2, 0.25) is 0 Å². The van der Waals surface area contributed by atoms with Crippen LogP contribution < -0.4 is 13.6 Å². The minimum atomic E-state index is -1.59. The monoisotopic (exact) mass is 1460 g/mol. The van der Waals surface area contributed by atoms with Gasteiger partial charge in [0, 0.05) is 0 Å². The van der Waals surface area contributed by atoms with E-state index in [1.54, 1.807) is 0 Å². The topological polar surface area (TPSA) is 27.7 Å². The van der Waals surface area contributed by atoms with Gasteiger partial charge in [-0.3, -0.25) is 0 Å². The molecule has 3 aromatic rings. The molecule has 0 spiro atoms. The predicted octanol–water partition coefficient (Wildman–Crippen LogP) is 11.0. The predicted molar refractivity (Wildman–Crippen MR) is 227 cm³/mol. The van der Waals surface area contributed by atoms with E-state index in [9.17, 15) is 0 Å². The second kappa shape index (κ2) is 32.1. The lowest BCUT2D eigenvalue weighted by molar-refractivity contribution is 0.388. The number of benzene rings is 3. The Morgan fingerprint density at radius 3 is 0.710 bits per heavy atom. The Morgan fingerprint density at radius 1 is 0.323 bits per heavy atom. The highest BCUT2D eigenvalue weighted by molar-refractivity contribution is 14.0. The lowest BCUT2D eigenvalue weighted by Crippen LogP contribution is -2.02. The van der Waals surface area contributed by atoms with Crippen LogP contribution in [-0.4, -0.2) is 0 Å². The smallest absolute Gasteiger partial charge is 0.409 e. The van der Waals surface area contributed by atoms with E-state index in [0.29, 0.717) is 17.2 Å². The van der Waals surface area contributed by atoms with Gasteiger partial charge in [-0.15, -0.1) is 216 Å².